The van der Waals surface area contributed by atoms with E-state index in [1.807, 2.05) is 66.7 Å². The van der Waals surface area contributed by atoms with Crippen molar-refractivity contribution in [1.82, 2.24) is 10.5 Å². The number of nitrogens with zero attached hydrogens (tertiary/aromatic N) is 1. The van der Waals surface area contributed by atoms with Gasteiger partial charge < -0.3 is 19.7 Å². The van der Waals surface area contributed by atoms with Gasteiger partial charge in [-0.05, 0) is 22.3 Å². The van der Waals surface area contributed by atoms with Gasteiger partial charge in [0.1, 0.15) is 12.6 Å². The zero-order chi connectivity index (χ0) is 23.5. The SMILES string of the molecule is O=C(NC(Cc1cc(-c2ccccc2)on1)C(=O)O)OCC1c2ccccc2-c2ccccc21. The summed E-state index contributed by atoms with van der Waals surface area (Å²) in [5.74, 6) is -0.760. The highest BCUT2D eigenvalue weighted by Gasteiger charge is 2.30. The second-order valence-corrected chi connectivity index (χ2v) is 8.11. The molecule has 1 aliphatic rings. The number of aromatic nitrogens is 1. The minimum atomic E-state index is -1.20. The van der Waals surface area contributed by atoms with Gasteiger partial charge in [-0.2, -0.15) is 0 Å². The Balaban J connectivity index is 1.24. The zero-order valence-corrected chi connectivity index (χ0v) is 18.2. The number of carbonyl (C=O) groups excluding carboxylic acids is 1. The van der Waals surface area contributed by atoms with Crippen molar-refractivity contribution in [1.29, 1.82) is 0 Å². The van der Waals surface area contributed by atoms with Crippen LogP contribution in [0.1, 0.15) is 22.7 Å². The van der Waals surface area contributed by atoms with Crippen molar-refractivity contribution in [3.8, 4) is 22.5 Å². The number of aliphatic carboxylic acids is 1. The lowest BCUT2D eigenvalue weighted by molar-refractivity contribution is -0.139. The van der Waals surface area contributed by atoms with Crippen molar-refractivity contribution in [2.24, 2.45) is 0 Å². The summed E-state index contributed by atoms with van der Waals surface area (Å²) < 4.78 is 10.8. The molecule has 0 bridgehead atoms. The molecule has 1 aromatic heterocycles. The number of hydrogen-bond donors (Lipinski definition) is 2. The highest BCUT2D eigenvalue weighted by atomic mass is 16.5. The summed E-state index contributed by atoms with van der Waals surface area (Å²) in [6, 6.07) is 25.9. The molecule has 2 N–H and O–H groups in total. The van der Waals surface area contributed by atoms with Gasteiger partial charge in [0, 0.05) is 24.0 Å². The van der Waals surface area contributed by atoms with Gasteiger partial charge in [0.05, 0.1) is 5.69 Å². The van der Waals surface area contributed by atoms with E-state index in [0.717, 1.165) is 27.8 Å². The van der Waals surface area contributed by atoms with E-state index in [2.05, 4.69) is 22.6 Å². The Morgan fingerprint density at radius 3 is 2.21 bits per heavy atom. The molecule has 0 fully saturated rings. The van der Waals surface area contributed by atoms with Crippen LogP contribution in [0.25, 0.3) is 22.5 Å². The first-order valence-corrected chi connectivity index (χ1v) is 11.0. The predicted molar refractivity (Wildman–Crippen MR) is 125 cm³/mol. The summed E-state index contributed by atoms with van der Waals surface area (Å²) in [6.45, 7) is 0.105. The Labute approximate surface area is 196 Å². The van der Waals surface area contributed by atoms with Crippen LogP contribution in [0.5, 0.6) is 0 Å². The molecular formula is C27H22N2O5. The highest BCUT2D eigenvalue weighted by molar-refractivity contribution is 5.81. The number of alkyl carbamates (subject to hydrolysis) is 1. The van der Waals surface area contributed by atoms with E-state index < -0.39 is 18.1 Å². The zero-order valence-electron chi connectivity index (χ0n) is 18.2. The normalized spacial score (nSPS) is 13.1. The number of carboxylic acid groups (broad SMARTS) is 1. The molecule has 1 aliphatic carbocycles. The van der Waals surface area contributed by atoms with Crippen molar-refractivity contribution in [2.45, 2.75) is 18.4 Å². The smallest absolute Gasteiger partial charge is 0.407 e. The predicted octanol–water partition coefficient (Wildman–Crippen LogP) is 4.88. The van der Waals surface area contributed by atoms with Crippen molar-refractivity contribution < 1.29 is 24.0 Å². The maximum absolute atomic E-state index is 12.5. The third-order valence-corrected chi connectivity index (χ3v) is 5.96. The van der Waals surface area contributed by atoms with Crippen LogP contribution in [0.2, 0.25) is 0 Å². The van der Waals surface area contributed by atoms with E-state index in [9.17, 15) is 14.7 Å². The molecule has 0 aliphatic heterocycles. The number of rotatable bonds is 7. The van der Waals surface area contributed by atoms with Crippen LogP contribution in [0, 0.1) is 0 Å². The molecule has 1 heterocycles. The van der Waals surface area contributed by atoms with E-state index in [1.165, 1.54) is 0 Å². The monoisotopic (exact) mass is 454 g/mol. The molecule has 1 unspecified atom stereocenters. The molecule has 0 saturated carbocycles. The van der Waals surface area contributed by atoms with Crippen LogP contribution in [-0.2, 0) is 16.0 Å². The first-order chi connectivity index (χ1) is 16.6. The number of hydrogen-bond acceptors (Lipinski definition) is 5. The van der Waals surface area contributed by atoms with Gasteiger partial charge in [-0.25, -0.2) is 9.59 Å². The second kappa shape index (κ2) is 9.23. The third-order valence-electron chi connectivity index (χ3n) is 5.96. The number of ether oxygens (including phenoxy) is 1. The fraction of sp³-hybridized carbons (Fsp3) is 0.148. The molecule has 3 aromatic carbocycles. The summed E-state index contributed by atoms with van der Waals surface area (Å²) in [4.78, 5) is 24.3. The molecular weight excluding hydrogens is 432 g/mol. The molecule has 170 valence electrons. The van der Waals surface area contributed by atoms with E-state index in [0.29, 0.717) is 11.5 Å². The minimum Gasteiger partial charge on any atom is -0.480 e. The molecule has 7 nitrogen and oxygen atoms in total. The summed E-state index contributed by atoms with van der Waals surface area (Å²) in [5.41, 5.74) is 5.67. The molecule has 0 radical (unpaired) electrons. The van der Waals surface area contributed by atoms with Gasteiger partial charge in [0.2, 0.25) is 0 Å². The van der Waals surface area contributed by atoms with Crippen molar-refractivity contribution in [3.63, 3.8) is 0 Å². The average molecular weight is 454 g/mol. The lowest BCUT2D eigenvalue weighted by Crippen LogP contribution is -2.43. The average Bonchev–Trinajstić information content (AvgIpc) is 3.46. The van der Waals surface area contributed by atoms with Crippen LogP contribution in [0.15, 0.2) is 89.5 Å². The first kappa shape index (κ1) is 21.5. The Morgan fingerprint density at radius 2 is 1.56 bits per heavy atom. The first-order valence-electron chi connectivity index (χ1n) is 11.0. The largest absolute Gasteiger partial charge is 0.480 e. The quantitative estimate of drug-likeness (QED) is 0.413. The van der Waals surface area contributed by atoms with Crippen molar-refractivity contribution in [3.05, 3.63) is 102 Å². The molecule has 1 atom stereocenters. The van der Waals surface area contributed by atoms with Gasteiger partial charge in [-0.15, -0.1) is 0 Å². The van der Waals surface area contributed by atoms with Crippen LogP contribution < -0.4 is 5.32 Å². The van der Waals surface area contributed by atoms with E-state index >= 15 is 0 Å². The number of carbonyl (C=O) groups is 2. The van der Waals surface area contributed by atoms with Gasteiger partial charge in [0.25, 0.3) is 0 Å². The molecule has 0 spiro atoms. The maximum Gasteiger partial charge on any atom is 0.407 e. The Morgan fingerprint density at radius 1 is 0.941 bits per heavy atom. The summed E-state index contributed by atoms with van der Waals surface area (Å²) >= 11 is 0. The maximum atomic E-state index is 12.5. The number of nitrogens with one attached hydrogen (secondary N) is 1. The number of fused-ring (bicyclic) bond motifs is 3. The molecule has 7 heteroatoms. The Bertz CT molecular complexity index is 1290. The van der Waals surface area contributed by atoms with E-state index in [4.69, 9.17) is 9.26 Å². The number of amides is 1. The van der Waals surface area contributed by atoms with Crippen LogP contribution in [-0.4, -0.2) is 35.0 Å². The lowest BCUT2D eigenvalue weighted by atomic mass is 9.98. The Hall–Kier alpha value is -4.39. The van der Waals surface area contributed by atoms with Gasteiger partial charge in [-0.1, -0.05) is 84.0 Å². The fourth-order valence-electron chi connectivity index (χ4n) is 4.34. The fourth-order valence-corrected chi connectivity index (χ4v) is 4.34. The molecule has 4 aromatic rings. The number of carboxylic acids is 1. The van der Waals surface area contributed by atoms with Gasteiger partial charge in [0.15, 0.2) is 5.76 Å². The Kier molecular flexibility index (Phi) is 5.82. The molecule has 34 heavy (non-hydrogen) atoms. The van der Waals surface area contributed by atoms with Crippen molar-refractivity contribution >= 4 is 12.1 Å². The van der Waals surface area contributed by atoms with E-state index in [-0.39, 0.29) is 18.9 Å². The summed E-state index contributed by atoms with van der Waals surface area (Å²) in [7, 11) is 0. The van der Waals surface area contributed by atoms with Crippen LogP contribution in [0.3, 0.4) is 0 Å². The van der Waals surface area contributed by atoms with Crippen LogP contribution >= 0.6 is 0 Å². The third kappa shape index (κ3) is 4.28. The van der Waals surface area contributed by atoms with E-state index in [1.54, 1.807) is 6.07 Å². The van der Waals surface area contributed by atoms with Crippen LogP contribution in [0.4, 0.5) is 4.79 Å². The second-order valence-electron chi connectivity index (χ2n) is 8.11. The van der Waals surface area contributed by atoms with Gasteiger partial charge in [-0.3, -0.25) is 0 Å². The van der Waals surface area contributed by atoms with Crippen molar-refractivity contribution in [2.75, 3.05) is 6.61 Å². The number of benzene rings is 3. The minimum absolute atomic E-state index is 0.0319. The molecule has 1 amide bonds. The molecule has 5 rings (SSSR count). The molecule has 0 saturated heterocycles. The summed E-state index contributed by atoms with van der Waals surface area (Å²) in [6.07, 6.45) is -0.823. The highest BCUT2D eigenvalue weighted by Crippen LogP contribution is 2.44. The standard InChI is InChI=1S/C27H22N2O5/c30-26(31)24(14-18-15-25(34-29-18)17-8-2-1-3-9-17)28-27(32)33-16-23-21-12-6-4-10-19(21)20-11-5-7-13-22(20)23/h1-13,15,23-24H,14,16H2,(H,28,32)(H,30,31). The summed E-state index contributed by atoms with van der Waals surface area (Å²) in [5, 5.41) is 16.0. The lowest BCUT2D eigenvalue weighted by Gasteiger charge is -2.17. The topological polar surface area (TPSA) is 102 Å². The van der Waals surface area contributed by atoms with Gasteiger partial charge >= 0.3 is 12.1 Å².